The second-order valence-electron chi connectivity index (χ2n) is 4.07. The SMILES string of the molecule is CCC(CC)(CO)CCCOCCOC. The smallest absolute Gasteiger partial charge is 0.0700 e. The van der Waals surface area contributed by atoms with Crippen molar-refractivity contribution in [2.75, 3.05) is 33.5 Å². The van der Waals surface area contributed by atoms with E-state index in [4.69, 9.17) is 9.47 Å². The molecule has 0 aromatic heterocycles. The molecule has 0 heterocycles. The highest BCUT2D eigenvalue weighted by Crippen LogP contribution is 2.31. The van der Waals surface area contributed by atoms with E-state index in [-0.39, 0.29) is 12.0 Å². The molecule has 0 bridgehead atoms. The van der Waals surface area contributed by atoms with Crippen molar-refractivity contribution in [1.29, 1.82) is 0 Å². The van der Waals surface area contributed by atoms with Crippen LogP contribution in [0.1, 0.15) is 39.5 Å². The molecule has 0 aliphatic heterocycles. The van der Waals surface area contributed by atoms with E-state index in [1.165, 1.54) is 0 Å². The van der Waals surface area contributed by atoms with Crippen LogP contribution in [0.25, 0.3) is 0 Å². The van der Waals surface area contributed by atoms with Gasteiger partial charge in [0.25, 0.3) is 0 Å². The molecule has 3 nitrogen and oxygen atoms in total. The molecule has 0 spiro atoms. The standard InChI is InChI=1S/C12H26O3/c1-4-12(5-2,11-13)7-6-8-15-10-9-14-3/h13H,4-11H2,1-3H3. The maximum Gasteiger partial charge on any atom is 0.0700 e. The Hall–Kier alpha value is -0.120. The molecule has 3 heteroatoms. The van der Waals surface area contributed by atoms with Crippen molar-refractivity contribution < 1.29 is 14.6 Å². The van der Waals surface area contributed by atoms with Gasteiger partial charge in [0.1, 0.15) is 0 Å². The van der Waals surface area contributed by atoms with Gasteiger partial charge in [0.15, 0.2) is 0 Å². The van der Waals surface area contributed by atoms with Crippen LogP contribution in [0.5, 0.6) is 0 Å². The van der Waals surface area contributed by atoms with Gasteiger partial charge in [-0.05, 0) is 31.1 Å². The Balaban J connectivity index is 3.54. The summed E-state index contributed by atoms with van der Waals surface area (Å²) in [5.74, 6) is 0. The van der Waals surface area contributed by atoms with Gasteiger partial charge in [0.2, 0.25) is 0 Å². The van der Waals surface area contributed by atoms with Crippen LogP contribution in [0.3, 0.4) is 0 Å². The lowest BCUT2D eigenvalue weighted by Crippen LogP contribution is -2.24. The number of ether oxygens (including phenoxy) is 2. The van der Waals surface area contributed by atoms with Crippen LogP contribution in [0.2, 0.25) is 0 Å². The molecule has 0 unspecified atom stereocenters. The lowest BCUT2D eigenvalue weighted by atomic mass is 9.79. The molecule has 92 valence electrons. The van der Waals surface area contributed by atoms with Crippen LogP contribution in [0.4, 0.5) is 0 Å². The molecule has 0 aromatic rings. The summed E-state index contributed by atoms with van der Waals surface area (Å²) in [6.45, 7) is 6.67. The quantitative estimate of drug-likeness (QED) is 0.571. The maximum atomic E-state index is 9.36. The summed E-state index contributed by atoms with van der Waals surface area (Å²) in [7, 11) is 1.67. The predicted molar refractivity (Wildman–Crippen MR) is 62.0 cm³/mol. The average Bonchev–Trinajstić information content (AvgIpc) is 2.29. The van der Waals surface area contributed by atoms with E-state index in [1.54, 1.807) is 7.11 Å². The van der Waals surface area contributed by atoms with Crippen molar-refractivity contribution >= 4 is 0 Å². The van der Waals surface area contributed by atoms with Crippen LogP contribution < -0.4 is 0 Å². The zero-order valence-corrected chi connectivity index (χ0v) is 10.4. The van der Waals surface area contributed by atoms with Crippen LogP contribution in [-0.2, 0) is 9.47 Å². The molecule has 0 fully saturated rings. The zero-order chi connectivity index (χ0) is 11.6. The molecule has 0 radical (unpaired) electrons. The molecule has 0 atom stereocenters. The fraction of sp³-hybridized carbons (Fsp3) is 1.00. The Kier molecular flexibility index (Phi) is 9.06. The summed E-state index contributed by atoms with van der Waals surface area (Å²) in [4.78, 5) is 0. The zero-order valence-electron chi connectivity index (χ0n) is 10.4. The summed E-state index contributed by atoms with van der Waals surface area (Å²) in [5.41, 5.74) is 0.116. The predicted octanol–water partition coefficient (Wildman–Crippen LogP) is 2.23. The minimum absolute atomic E-state index is 0.116. The van der Waals surface area contributed by atoms with E-state index in [2.05, 4.69) is 13.8 Å². The first-order valence-corrected chi connectivity index (χ1v) is 5.92. The van der Waals surface area contributed by atoms with Gasteiger partial charge in [0, 0.05) is 20.3 Å². The van der Waals surface area contributed by atoms with Crippen molar-refractivity contribution in [2.24, 2.45) is 5.41 Å². The highest BCUT2D eigenvalue weighted by molar-refractivity contribution is 4.75. The summed E-state index contributed by atoms with van der Waals surface area (Å²) in [6, 6.07) is 0. The first kappa shape index (κ1) is 14.9. The Labute approximate surface area is 93.8 Å². The molecule has 0 aliphatic rings. The third-order valence-corrected chi connectivity index (χ3v) is 3.26. The molecule has 0 aromatic carbocycles. The molecule has 1 N–H and O–H groups in total. The monoisotopic (exact) mass is 218 g/mol. The lowest BCUT2D eigenvalue weighted by molar-refractivity contribution is 0.0526. The Morgan fingerprint density at radius 3 is 2.20 bits per heavy atom. The Morgan fingerprint density at radius 1 is 1.07 bits per heavy atom. The topological polar surface area (TPSA) is 38.7 Å². The summed E-state index contributed by atoms with van der Waals surface area (Å²) >= 11 is 0. The fourth-order valence-electron chi connectivity index (χ4n) is 1.70. The number of hydrogen-bond donors (Lipinski definition) is 1. The van der Waals surface area contributed by atoms with Gasteiger partial charge in [-0.1, -0.05) is 13.8 Å². The van der Waals surface area contributed by atoms with E-state index in [0.29, 0.717) is 13.2 Å². The number of aliphatic hydroxyl groups excluding tert-OH is 1. The number of hydrogen-bond acceptors (Lipinski definition) is 3. The van der Waals surface area contributed by atoms with E-state index < -0.39 is 0 Å². The second-order valence-corrected chi connectivity index (χ2v) is 4.07. The number of methoxy groups -OCH3 is 1. The van der Waals surface area contributed by atoms with Crippen LogP contribution in [-0.4, -0.2) is 38.6 Å². The van der Waals surface area contributed by atoms with Gasteiger partial charge < -0.3 is 14.6 Å². The summed E-state index contributed by atoms with van der Waals surface area (Å²) < 4.78 is 10.3. The van der Waals surface area contributed by atoms with E-state index >= 15 is 0 Å². The van der Waals surface area contributed by atoms with Crippen LogP contribution in [0, 0.1) is 5.41 Å². The minimum atomic E-state index is 0.116. The molecule has 15 heavy (non-hydrogen) atoms. The Bertz CT molecular complexity index is 125. The van der Waals surface area contributed by atoms with Crippen molar-refractivity contribution in [3.05, 3.63) is 0 Å². The largest absolute Gasteiger partial charge is 0.396 e. The lowest BCUT2D eigenvalue weighted by Gasteiger charge is -2.29. The average molecular weight is 218 g/mol. The van der Waals surface area contributed by atoms with E-state index in [0.717, 1.165) is 32.3 Å². The van der Waals surface area contributed by atoms with Crippen LogP contribution >= 0.6 is 0 Å². The van der Waals surface area contributed by atoms with Crippen molar-refractivity contribution in [2.45, 2.75) is 39.5 Å². The van der Waals surface area contributed by atoms with Crippen molar-refractivity contribution in [1.82, 2.24) is 0 Å². The van der Waals surface area contributed by atoms with E-state index in [9.17, 15) is 5.11 Å². The molecular formula is C12H26O3. The summed E-state index contributed by atoms with van der Waals surface area (Å²) in [6.07, 6.45) is 4.14. The maximum absolute atomic E-state index is 9.36. The van der Waals surface area contributed by atoms with Gasteiger partial charge in [-0.2, -0.15) is 0 Å². The first-order valence-electron chi connectivity index (χ1n) is 5.92. The molecule has 0 saturated carbocycles. The van der Waals surface area contributed by atoms with Gasteiger partial charge in [0.05, 0.1) is 13.2 Å². The third-order valence-electron chi connectivity index (χ3n) is 3.26. The van der Waals surface area contributed by atoms with Gasteiger partial charge in [-0.15, -0.1) is 0 Å². The summed E-state index contributed by atoms with van der Waals surface area (Å²) in [5, 5.41) is 9.36. The fourth-order valence-corrected chi connectivity index (χ4v) is 1.70. The highest BCUT2D eigenvalue weighted by Gasteiger charge is 2.24. The highest BCUT2D eigenvalue weighted by atomic mass is 16.5. The molecular weight excluding hydrogens is 192 g/mol. The first-order chi connectivity index (χ1) is 7.24. The van der Waals surface area contributed by atoms with Crippen LogP contribution in [0.15, 0.2) is 0 Å². The molecule has 0 rings (SSSR count). The Morgan fingerprint density at radius 2 is 1.73 bits per heavy atom. The number of aliphatic hydroxyl groups is 1. The van der Waals surface area contributed by atoms with Crippen molar-refractivity contribution in [3.8, 4) is 0 Å². The van der Waals surface area contributed by atoms with Crippen molar-refractivity contribution in [3.63, 3.8) is 0 Å². The third kappa shape index (κ3) is 6.13. The normalized spacial score (nSPS) is 12.0. The van der Waals surface area contributed by atoms with E-state index in [1.807, 2.05) is 0 Å². The van der Waals surface area contributed by atoms with Gasteiger partial charge in [-0.3, -0.25) is 0 Å². The van der Waals surface area contributed by atoms with Gasteiger partial charge >= 0.3 is 0 Å². The molecule has 0 amide bonds. The number of rotatable bonds is 10. The molecule has 0 saturated heterocycles. The minimum Gasteiger partial charge on any atom is -0.396 e. The van der Waals surface area contributed by atoms with Gasteiger partial charge in [-0.25, -0.2) is 0 Å². The second kappa shape index (κ2) is 9.13. The molecule has 0 aliphatic carbocycles.